The molecule has 1 fully saturated rings. The molecule has 0 atom stereocenters. The molecule has 0 saturated carbocycles. The molecule has 1 amide bonds. The molecule has 2 N–H and O–H groups in total. The van der Waals surface area contributed by atoms with E-state index in [2.05, 4.69) is 41.6 Å². The quantitative estimate of drug-likeness (QED) is 0.876. The first-order valence-electron chi connectivity index (χ1n) is 7.40. The zero-order valence-electron chi connectivity index (χ0n) is 12.5. The fraction of sp³-hybridized carbons (Fsp3) is 0.786. The van der Waals surface area contributed by atoms with Gasteiger partial charge >= 0.3 is 0 Å². The van der Waals surface area contributed by atoms with E-state index in [1.54, 1.807) is 0 Å². The maximum atomic E-state index is 12.6. The lowest BCUT2D eigenvalue weighted by molar-refractivity contribution is -0.127. The molecule has 20 heavy (non-hydrogen) atoms. The Morgan fingerprint density at radius 2 is 2.10 bits per heavy atom. The van der Waals surface area contributed by atoms with Crippen molar-refractivity contribution in [3.8, 4) is 0 Å². The van der Waals surface area contributed by atoms with Gasteiger partial charge in [-0.15, -0.1) is 10.2 Å². The minimum absolute atomic E-state index is 0.105. The zero-order chi connectivity index (χ0) is 14.6. The summed E-state index contributed by atoms with van der Waals surface area (Å²) in [6.07, 6.45) is 3.58. The Morgan fingerprint density at radius 1 is 1.40 bits per heavy atom. The fourth-order valence-electron chi connectivity index (χ4n) is 2.61. The van der Waals surface area contributed by atoms with Crippen molar-refractivity contribution in [1.29, 1.82) is 0 Å². The van der Waals surface area contributed by atoms with Gasteiger partial charge in [0.2, 0.25) is 11.0 Å². The SMILES string of the molecule is CCC1(C(=O)Nc2nnc(CC(C)C)s2)CCNCC1. The lowest BCUT2D eigenvalue weighted by atomic mass is 9.76. The molecule has 2 heterocycles. The van der Waals surface area contributed by atoms with Crippen LogP contribution in [0.3, 0.4) is 0 Å². The van der Waals surface area contributed by atoms with Crippen LogP contribution >= 0.6 is 11.3 Å². The monoisotopic (exact) mass is 296 g/mol. The third-order valence-corrected chi connectivity index (χ3v) is 4.85. The lowest BCUT2D eigenvalue weighted by Gasteiger charge is -2.34. The van der Waals surface area contributed by atoms with Crippen LogP contribution < -0.4 is 10.6 Å². The molecule has 1 aliphatic heterocycles. The van der Waals surface area contributed by atoms with Crippen molar-refractivity contribution in [2.75, 3.05) is 18.4 Å². The summed E-state index contributed by atoms with van der Waals surface area (Å²) < 4.78 is 0. The summed E-state index contributed by atoms with van der Waals surface area (Å²) in [5.74, 6) is 0.659. The van der Waals surface area contributed by atoms with Gasteiger partial charge in [0.05, 0.1) is 5.41 Å². The molecule has 0 unspecified atom stereocenters. The Morgan fingerprint density at radius 3 is 2.70 bits per heavy atom. The number of hydrogen-bond acceptors (Lipinski definition) is 5. The number of carbonyl (C=O) groups excluding carboxylic acids is 1. The van der Waals surface area contributed by atoms with Gasteiger partial charge in [0.1, 0.15) is 5.01 Å². The fourth-order valence-corrected chi connectivity index (χ4v) is 3.56. The summed E-state index contributed by atoms with van der Waals surface area (Å²) in [5, 5.41) is 16.2. The van der Waals surface area contributed by atoms with Crippen LogP contribution in [0.2, 0.25) is 0 Å². The number of nitrogens with one attached hydrogen (secondary N) is 2. The summed E-state index contributed by atoms with van der Waals surface area (Å²) in [6.45, 7) is 8.22. The first-order chi connectivity index (χ1) is 9.55. The van der Waals surface area contributed by atoms with E-state index in [4.69, 9.17) is 0 Å². The van der Waals surface area contributed by atoms with E-state index < -0.39 is 0 Å². The van der Waals surface area contributed by atoms with Crippen LogP contribution in [0, 0.1) is 11.3 Å². The topological polar surface area (TPSA) is 66.9 Å². The molecule has 0 aliphatic carbocycles. The van der Waals surface area contributed by atoms with E-state index >= 15 is 0 Å². The molecular formula is C14H24N4OS. The van der Waals surface area contributed by atoms with Gasteiger partial charge in [0.25, 0.3) is 0 Å². The Bertz CT molecular complexity index is 452. The second-order valence-corrected chi connectivity index (χ2v) is 7.00. The number of rotatable bonds is 5. The van der Waals surface area contributed by atoms with Gasteiger partial charge in [-0.25, -0.2) is 0 Å². The van der Waals surface area contributed by atoms with E-state index in [1.807, 2.05) is 0 Å². The highest BCUT2D eigenvalue weighted by atomic mass is 32.1. The van der Waals surface area contributed by atoms with Gasteiger partial charge in [-0.1, -0.05) is 32.1 Å². The molecule has 0 radical (unpaired) electrons. The van der Waals surface area contributed by atoms with Gasteiger partial charge in [0, 0.05) is 6.42 Å². The number of aromatic nitrogens is 2. The van der Waals surface area contributed by atoms with Crippen LogP contribution in [0.1, 0.15) is 45.0 Å². The van der Waals surface area contributed by atoms with E-state index in [9.17, 15) is 4.79 Å². The van der Waals surface area contributed by atoms with Crippen LogP contribution in [0.4, 0.5) is 5.13 Å². The number of hydrogen-bond donors (Lipinski definition) is 2. The van der Waals surface area contributed by atoms with Crippen LogP contribution in [0.15, 0.2) is 0 Å². The molecule has 0 spiro atoms. The van der Waals surface area contributed by atoms with Crippen molar-refractivity contribution in [2.45, 2.75) is 46.5 Å². The van der Waals surface area contributed by atoms with Crippen molar-refractivity contribution < 1.29 is 4.79 Å². The lowest BCUT2D eigenvalue weighted by Crippen LogP contribution is -2.44. The first-order valence-corrected chi connectivity index (χ1v) is 8.22. The van der Waals surface area contributed by atoms with Crippen LogP contribution in [0.5, 0.6) is 0 Å². The van der Waals surface area contributed by atoms with Crippen molar-refractivity contribution in [3.63, 3.8) is 0 Å². The minimum Gasteiger partial charge on any atom is -0.317 e. The highest BCUT2D eigenvalue weighted by Crippen LogP contribution is 2.34. The Balaban J connectivity index is 2.01. The molecule has 2 rings (SSSR count). The molecule has 0 aromatic carbocycles. The van der Waals surface area contributed by atoms with Crippen molar-refractivity contribution in [3.05, 3.63) is 5.01 Å². The number of amides is 1. The van der Waals surface area contributed by atoms with Gasteiger partial charge in [-0.05, 0) is 38.3 Å². The summed E-state index contributed by atoms with van der Waals surface area (Å²) >= 11 is 1.49. The maximum absolute atomic E-state index is 12.6. The number of piperidine rings is 1. The van der Waals surface area contributed by atoms with E-state index in [0.717, 1.165) is 43.8 Å². The molecule has 1 aromatic heterocycles. The minimum atomic E-state index is -0.241. The normalized spacial score (nSPS) is 18.2. The predicted octanol–water partition coefficient (Wildman–Crippen LogP) is 2.45. The maximum Gasteiger partial charge on any atom is 0.232 e. The van der Waals surface area contributed by atoms with E-state index in [0.29, 0.717) is 11.0 Å². The van der Waals surface area contributed by atoms with Crippen molar-refractivity contribution in [2.24, 2.45) is 11.3 Å². The smallest absolute Gasteiger partial charge is 0.232 e. The largest absolute Gasteiger partial charge is 0.317 e. The standard InChI is InChI=1S/C14H24N4OS/c1-4-14(5-7-15-8-6-14)12(19)16-13-18-17-11(20-13)9-10(2)3/h10,15H,4-9H2,1-3H3,(H,16,18,19). The Hall–Kier alpha value is -1.01. The third-order valence-electron chi connectivity index (χ3n) is 3.99. The predicted molar refractivity (Wildman–Crippen MR) is 81.9 cm³/mol. The average molecular weight is 296 g/mol. The molecular weight excluding hydrogens is 272 g/mol. The summed E-state index contributed by atoms with van der Waals surface area (Å²) in [5.41, 5.74) is -0.241. The Labute approximate surface area is 124 Å². The highest BCUT2D eigenvalue weighted by molar-refractivity contribution is 7.15. The van der Waals surface area contributed by atoms with E-state index in [1.165, 1.54) is 11.3 Å². The van der Waals surface area contributed by atoms with Gasteiger partial charge < -0.3 is 10.6 Å². The second-order valence-electron chi connectivity index (χ2n) is 5.94. The van der Waals surface area contributed by atoms with Gasteiger partial charge in [-0.3, -0.25) is 4.79 Å². The highest BCUT2D eigenvalue weighted by Gasteiger charge is 2.38. The summed E-state index contributed by atoms with van der Waals surface area (Å²) in [6, 6.07) is 0. The van der Waals surface area contributed by atoms with E-state index in [-0.39, 0.29) is 11.3 Å². The van der Waals surface area contributed by atoms with Gasteiger partial charge in [-0.2, -0.15) is 0 Å². The Kier molecular flexibility index (Phi) is 5.10. The molecule has 112 valence electrons. The molecule has 1 aliphatic rings. The van der Waals surface area contributed by atoms with Crippen molar-refractivity contribution in [1.82, 2.24) is 15.5 Å². The molecule has 6 heteroatoms. The molecule has 0 bridgehead atoms. The number of nitrogens with zero attached hydrogens (tertiary/aromatic N) is 2. The first kappa shape index (κ1) is 15.4. The summed E-state index contributed by atoms with van der Waals surface area (Å²) in [7, 11) is 0. The van der Waals surface area contributed by atoms with Crippen LogP contribution in [0.25, 0.3) is 0 Å². The summed E-state index contributed by atoms with van der Waals surface area (Å²) in [4.78, 5) is 12.6. The molecule has 5 nitrogen and oxygen atoms in total. The number of carbonyl (C=O) groups is 1. The third kappa shape index (κ3) is 3.55. The molecule has 1 saturated heterocycles. The zero-order valence-corrected chi connectivity index (χ0v) is 13.3. The van der Waals surface area contributed by atoms with Crippen LogP contribution in [-0.2, 0) is 11.2 Å². The van der Waals surface area contributed by atoms with Crippen LogP contribution in [-0.4, -0.2) is 29.2 Å². The van der Waals surface area contributed by atoms with Gasteiger partial charge in [0.15, 0.2) is 0 Å². The number of anilines is 1. The second kappa shape index (κ2) is 6.63. The van der Waals surface area contributed by atoms with Crippen molar-refractivity contribution >= 4 is 22.4 Å². The average Bonchev–Trinajstić information content (AvgIpc) is 2.85. The molecule has 1 aromatic rings.